The van der Waals surface area contributed by atoms with Gasteiger partial charge in [-0.2, -0.15) is 0 Å². The Kier molecular flexibility index (Phi) is 4.71. The van der Waals surface area contributed by atoms with Crippen LogP contribution in [0.2, 0.25) is 0 Å². The van der Waals surface area contributed by atoms with Gasteiger partial charge in [0.15, 0.2) is 0 Å². The van der Waals surface area contributed by atoms with Gasteiger partial charge in [-0.05, 0) is 19.4 Å². The Morgan fingerprint density at radius 2 is 2.00 bits per heavy atom. The zero-order valence-corrected chi connectivity index (χ0v) is 6.62. The van der Waals surface area contributed by atoms with Crippen LogP contribution < -0.4 is 11.5 Å². The van der Waals surface area contributed by atoms with Crippen LogP contribution in [0.3, 0.4) is 0 Å². The van der Waals surface area contributed by atoms with Crippen molar-refractivity contribution in [3.8, 4) is 0 Å². The number of carboxylic acid groups (broad SMARTS) is 1. The summed E-state index contributed by atoms with van der Waals surface area (Å²) in [6, 6.07) is 0. The molecule has 0 fully saturated rings. The fourth-order valence-electron chi connectivity index (χ4n) is 0.705. The summed E-state index contributed by atoms with van der Waals surface area (Å²) in [7, 11) is 0. The molecule has 1 amide bonds. The molecule has 0 unspecified atom stereocenters. The van der Waals surface area contributed by atoms with E-state index in [0.717, 1.165) is 6.08 Å². The summed E-state index contributed by atoms with van der Waals surface area (Å²) < 4.78 is 0. The quantitative estimate of drug-likeness (QED) is 0.473. The lowest BCUT2D eigenvalue weighted by molar-refractivity contribution is -0.133. The Labute approximate surface area is 70.0 Å². The normalized spacial score (nSPS) is 11.2. The van der Waals surface area contributed by atoms with Crippen molar-refractivity contribution in [1.29, 1.82) is 0 Å². The third-order valence-electron chi connectivity index (χ3n) is 1.24. The minimum atomic E-state index is -1.12. The van der Waals surface area contributed by atoms with Crippen molar-refractivity contribution in [3.63, 3.8) is 0 Å². The van der Waals surface area contributed by atoms with E-state index < -0.39 is 11.9 Å². The molecule has 5 N–H and O–H groups in total. The highest BCUT2D eigenvalue weighted by atomic mass is 16.4. The number of aliphatic carboxylic acids is 1. The van der Waals surface area contributed by atoms with Crippen LogP contribution in [-0.4, -0.2) is 23.5 Å². The lowest BCUT2D eigenvalue weighted by Crippen LogP contribution is -2.12. The Morgan fingerprint density at radius 1 is 1.42 bits per heavy atom. The topological polar surface area (TPSA) is 106 Å². The molecular formula is C7H12N2O3. The summed E-state index contributed by atoms with van der Waals surface area (Å²) in [5.41, 5.74) is 9.97. The maximum absolute atomic E-state index is 10.4. The molecule has 0 rings (SSSR count). The van der Waals surface area contributed by atoms with E-state index in [4.69, 9.17) is 16.6 Å². The molecule has 0 aromatic heterocycles. The summed E-state index contributed by atoms with van der Waals surface area (Å²) in [5, 5.41) is 8.53. The SMILES string of the molecule is NCCC/C(=C/C(N)=O)C(=O)O. The molecule has 68 valence electrons. The number of rotatable bonds is 5. The lowest BCUT2D eigenvalue weighted by atomic mass is 10.1. The van der Waals surface area contributed by atoms with Gasteiger partial charge in [0.25, 0.3) is 0 Å². The Hall–Kier alpha value is -1.36. The van der Waals surface area contributed by atoms with Crippen LogP contribution in [0.15, 0.2) is 11.6 Å². The van der Waals surface area contributed by atoms with Gasteiger partial charge in [-0.3, -0.25) is 4.79 Å². The Morgan fingerprint density at radius 3 is 2.33 bits per heavy atom. The third kappa shape index (κ3) is 4.45. The first-order chi connectivity index (χ1) is 5.57. The average molecular weight is 172 g/mol. The van der Waals surface area contributed by atoms with Gasteiger partial charge in [0, 0.05) is 11.6 Å². The number of hydrogen-bond acceptors (Lipinski definition) is 3. The number of amides is 1. The van der Waals surface area contributed by atoms with Crippen LogP contribution in [0.1, 0.15) is 12.8 Å². The molecule has 0 aliphatic carbocycles. The number of hydrogen-bond donors (Lipinski definition) is 3. The van der Waals surface area contributed by atoms with E-state index >= 15 is 0 Å². The van der Waals surface area contributed by atoms with E-state index in [1.54, 1.807) is 0 Å². The molecule has 0 heterocycles. The number of carbonyl (C=O) groups excluding carboxylic acids is 1. The molecule has 0 aliphatic heterocycles. The highest BCUT2D eigenvalue weighted by Gasteiger charge is 2.07. The minimum absolute atomic E-state index is 0.00736. The molecule has 5 nitrogen and oxygen atoms in total. The van der Waals surface area contributed by atoms with E-state index in [9.17, 15) is 9.59 Å². The van der Waals surface area contributed by atoms with Crippen molar-refractivity contribution in [2.75, 3.05) is 6.54 Å². The van der Waals surface area contributed by atoms with Crippen LogP contribution in [-0.2, 0) is 9.59 Å². The fraction of sp³-hybridized carbons (Fsp3) is 0.429. The summed E-state index contributed by atoms with van der Waals surface area (Å²) >= 11 is 0. The van der Waals surface area contributed by atoms with Crippen LogP contribution in [0, 0.1) is 0 Å². The van der Waals surface area contributed by atoms with E-state index in [-0.39, 0.29) is 12.0 Å². The summed E-state index contributed by atoms with van der Waals surface area (Å²) in [5.74, 6) is -1.87. The monoisotopic (exact) mass is 172 g/mol. The largest absolute Gasteiger partial charge is 0.478 e. The van der Waals surface area contributed by atoms with Gasteiger partial charge in [-0.25, -0.2) is 4.79 Å². The first-order valence-corrected chi connectivity index (χ1v) is 3.51. The smallest absolute Gasteiger partial charge is 0.331 e. The molecule has 0 aliphatic rings. The second-order valence-electron chi connectivity index (χ2n) is 2.27. The molecule has 0 spiro atoms. The van der Waals surface area contributed by atoms with E-state index in [1.165, 1.54) is 0 Å². The second-order valence-corrected chi connectivity index (χ2v) is 2.27. The Balaban J connectivity index is 4.23. The highest BCUT2D eigenvalue weighted by molar-refractivity contribution is 5.96. The summed E-state index contributed by atoms with van der Waals surface area (Å²) in [4.78, 5) is 20.8. The van der Waals surface area contributed by atoms with Crippen molar-refractivity contribution in [3.05, 3.63) is 11.6 Å². The highest BCUT2D eigenvalue weighted by Crippen LogP contribution is 2.03. The minimum Gasteiger partial charge on any atom is -0.478 e. The average Bonchev–Trinajstić information content (AvgIpc) is 1.96. The van der Waals surface area contributed by atoms with Crippen LogP contribution in [0.4, 0.5) is 0 Å². The van der Waals surface area contributed by atoms with Crippen LogP contribution >= 0.6 is 0 Å². The lowest BCUT2D eigenvalue weighted by Gasteiger charge is -1.98. The molecule has 0 saturated heterocycles. The van der Waals surface area contributed by atoms with Crippen LogP contribution in [0.25, 0.3) is 0 Å². The standard InChI is InChI=1S/C7H12N2O3/c8-3-1-2-5(7(11)12)4-6(9)10/h4H,1-3,8H2,(H2,9,10)(H,11,12)/b5-4-. The van der Waals surface area contributed by atoms with E-state index in [1.807, 2.05) is 0 Å². The van der Waals surface area contributed by atoms with Crippen molar-refractivity contribution in [1.82, 2.24) is 0 Å². The second kappa shape index (κ2) is 5.31. The van der Waals surface area contributed by atoms with Gasteiger partial charge in [-0.1, -0.05) is 0 Å². The number of carbonyl (C=O) groups is 2. The molecule has 0 saturated carbocycles. The summed E-state index contributed by atoms with van der Waals surface area (Å²) in [6.45, 7) is 0.392. The van der Waals surface area contributed by atoms with Gasteiger partial charge in [0.2, 0.25) is 5.91 Å². The van der Waals surface area contributed by atoms with Gasteiger partial charge < -0.3 is 16.6 Å². The zero-order valence-electron chi connectivity index (χ0n) is 6.62. The third-order valence-corrected chi connectivity index (χ3v) is 1.24. The van der Waals surface area contributed by atoms with Gasteiger partial charge in [0.1, 0.15) is 0 Å². The molecule has 0 radical (unpaired) electrons. The molecule has 12 heavy (non-hydrogen) atoms. The first kappa shape index (κ1) is 10.6. The zero-order chi connectivity index (χ0) is 9.56. The predicted octanol–water partition coefficient (Wildman–Crippen LogP) is -0.778. The van der Waals surface area contributed by atoms with E-state index in [2.05, 4.69) is 0 Å². The van der Waals surface area contributed by atoms with Crippen molar-refractivity contribution < 1.29 is 14.7 Å². The van der Waals surface area contributed by atoms with Gasteiger partial charge >= 0.3 is 5.97 Å². The molecular weight excluding hydrogens is 160 g/mol. The maximum atomic E-state index is 10.4. The molecule has 0 aromatic rings. The molecule has 0 bridgehead atoms. The van der Waals surface area contributed by atoms with Gasteiger partial charge in [-0.15, -0.1) is 0 Å². The number of carboxylic acids is 1. The van der Waals surface area contributed by atoms with Crippen molar-refractivity contribution in [2.24, 2.45) is 11.5 Å². The summed E-state index contributed by atoms with van der Waals surface area (Å²) in [6.07, 6.45) is 1.72. The van der Waals surface area contributed by atoms with Crippen LogP contribution in [0.5, 0.6) is 0 Å². The number of primary amides is 1. The molecule has 0 atom stereocenters. The Bertz CT molecular complexity index is 211. The fourth-order valence-corrected chi connectivity index (χ4v) is 0.705. The van der Waals surface area contributed by atoms with Crippen molar-refractivity contribution in [2.45, 2.75) is 12.8 Å². The first-order valence-electron chi connectivity index (χ1n) is 3.51. The predicted molar refractivity (Wildman–Crippen MR) is 43.2 cm³/mol. The molecule has 5 heteroatoms. The molecule has 0 aromatic carbocycles. The van der Waals surface area contributed by atoms with Crippen molar-refractivity contribution >= 4 is 11.9 Å². The van der Waals surface area contributed by atoms with E-state index in [0.29, 0.717) is 13.0 Å². The number of nitrogens with two attached hydrogens (primary N) is 2. The maximum Gasteiger partial charge on any atom is 0.331 e. The van der Waals surface area contributed by atoms with Gasteiger partial charge in [0.05, 0.1) is 0 Å².